The largest absolute Gasteiger partial charge is 0.357 e. The highest BCUT2D eigenvalue weighted by atomic mass is 35.5. The van der Waals surface area contributed by atoms with Gasteiger partial charge < -0.3 is 15.6 Å². The Labute approximate surface area is 129 Å². The number of aromatic nitrogens is 1. The van der Waals surface area contributed by atoms with Gasteiger partial charge in [-0.3, -0.25) is 4.79 Å². The second kappa shape index (κ2) is 5.70. The predicted octanol–water partition coefficient (Wildman–Crippen LogP) is 2.92. The molecule has 2 heterocycles. The van der Waals surface area contributed by atoms with Gasteiger partial charge in [0.2, 0.25) is 5.91 Å². The van der Waals surface area contributed by atoms with Gasteiger partial charge in [-0.1, -0.05) is 25.4 Å². The molecule has 2 aromatic rings. The molecule has 3 rings (SSSR count). The summed E-state index contributed by atoms with van der Waals surface area (Å²) in [6, 6.07) is 6.11. The highest BCUT2D eigenvalue weighted by Gasteiger charge is 2.23. The third-order valence-corrected chi connectivity index (χ3v) is 4.34. The van der Waals surface area contributed by atoms with E-state index in [0.717, 1.165) is 40.1 Å². The number of benzene rings is 1. The van der Waals surface area contributed by atoms with Crippen LogP contribution in [0.1, 0.15) is 37.4 Å². The minimum atomic E-state index is -0.0173. The number of H-pyrrole nitrogens is 1. The van der Waals surface area contributed by atoms with Gasteiger partial charge in [0, 0.05) is 21.6 Å². The predicted molar refractivity (Wildman–Crippen MR) is 85.7 cm³/mol. The van der Waals surface area contributed by atoms with Crippen LogP contribution in [0, 0.1) is 0 Å². The summed E-state index contributed by atoms with van der Waals surface area (Å²) in [4.78, 5) is 15.2. The minimum Gasteiger partial charge on any atom is -0.357 e. The zero-order chi connectivity index (χ0) is 15.0. The minimum absolute atomic E-state index is 0.0173. The Balaban J connectivity index is 1.75. The van der Waals surface area contributed by atoms with Crippen LogP contribution in [-0.2, 0) is 11.3 Å². The Hall–Kier alpha value is -1.52. The van der Waals surface area contributed by atoms with Crippen molar-refractivity contribution in [2.24, 2.45) is 0 Å². The number of halogens is 1. The lowest BCUT2D eigenvalue weighted by atomic mass is 10.0. The average Bonchev–Trinajstić information content (AvgIpc) is 2.74. The summed E-state index contributed by atoms with van der Waals surface area (Å²) in [6.45, 7) is 5.70. The molecule has 21 heavy (non-hydrogen) atoms. The molecule has 1 saturated heterocycles. The molecule has 1 aromatic carbocycles. The van der Waals surface area contributed by atoms with E-state index in [4.69, 9.17) is 11.6 Å². The third-order valence-electron chi connectivity index (χ3n) is 4.01. The van der Waals surface area contributed by atoms with Crippen molar-refractivity contribution >= 4 is 28.4 Å². The first-order chi connectivity index (χ1) is 10.0. The molecule has 1 amide bonds. The summed E-state index contributed by atoms with van der Waals surface area (Å²) in [5.74, 6) is 0.457. The number of fused-ring (bicyclic) bond motifs is 1. The zero-order valence-electron chi connectivity index (χ0n) is 12.3. The lowest BCUT2D eigenvalue weighted by Gasteiger charge is -2.26. The monoisotopic (exact) mass is 305 g/mol. The van der Waals surface area contributed by atoms with Gasteiger partial charge in [0.25, 0.3) is 0 Å². The average molecular weight is 306 g/mol. The summed E-state index contributed by atoms with van der Waals surface area (Å²) in [5.41, 5.74) is 3.20. The van der Waals surface area contributed by atoms with Crippen LogP contribution in [0.25, 0.3) is 10.9 Å². The summed E-state index contributed by atoms with van der Waals surface area (Å²) in [5, 5.41) is 7.92. The van der Waals surface area contributed by atoms with E-state index in [0.29, 0.717) is 12.5 Å². The lowest BCUT2D eigenvalue weighted by Crippen LogP contribution is -2.52. The summed E-state index contributed by atoms with van der Waals surface area (Å²) in [6.07, 6.45) is 0.923. The van der Waals surface area contributed by atoms with Gasteiger partial charge in [-0.15, -0.1) is 0 Å². The summed E-state index contributed by atoms with van der Waals surface area (Å²) >= 11 is 6.31. The highest BCUT2D eigenvalue weighted by Crippen LogP contribution is 2.29. The van der Waals surface area contributed by atoms with E-state index >= 15 is 0 Å². The second-order valence-electron chi connectivity index (χ2n) is 5.92. The molecule has 0 radical (unpaired) electrons. The van der Waals surface area contributed by atoms with Gasteiger partial charge >= 0.3 is 0 Å². The first-order valence-corrected chi connectivity index (χ1v) is 7.74. The Kier molecular flexibility index (Phi) is 3.91. The molecule has 1 aliphatic rings. The molecule has 1 aliphatic heterocycles. The number of hydrogen-bond acceptors (Lipinski definition) is 2. The normalized spacial score (nSPS) is 18.0. The van der Waals surface area contributed by atoms with Crippen molar-refractivity contribution in [1.29, 1.82) is 0 Å². The molecule has 1 aromatic heterocycles. The summed E-state index contributed by atoms with van der Waals surface area (Å²) < 4.78 is 0. The van der Waals surface area contributed by atoms with Crippen LogP contribution in [0.4, 0.5) is 0 Å². The van der Waals surface area contributed by atoms with Crippen LogP contribution in [0.2, 0.25) is 5.02 Å². The maximum atomic E-state index is 11.8. The van der Waals surface area contributed by atoms with Crippen molar-refractivity contribution in [3.05, 3.63) is 34.5 Å². The molecular formula is C16H20ClN3O. The van der Waals surface area contributed by atoms with E-state index in [2.05, 4.69) is 35.5 Å². The number of carbonyl (C=O) groups excluding carboxylic acids is 1. The van der Waals surface area contributed by atoms with Crippen molar-refractivity contribution in [2.45, 2.75) is 38.8 Å². The van der Waals surface area contributed by atoms with E-state index < -0.39 is 0 Å². The van der Waals surface area contributed by atoms with E-state index in [1.807, 2.05) is 12.1 Å². The smallest absolute Gasteiger partial charge is 0.237 e. The maximum Gasteiger partial charge on any atom is 0.237 e. The van der Waals surface area contributed by atoms with Crippen LogP contribution < -0.4 is 10.6 Å². The van der Waals surface area contributed by atoms with Gasteiger partial charge in [-0.05, 0) is 42.6 Å². The van der Waals surface area contributed by atoms with Crippen molar-refractivity contribution in [3.8, 4) is 0 Å². The summed E-state index contributed by atoms with van der Waals surface area (Å²) in [7, 11) is 0. The fourth-order valence-electron chi connectivity index (χ4n) is 2.59. The molecule has 112 valence electrons. The Morgan fingerprint density at radius 3 is 2.81 bits per heavy atom. The van der Waals surface area contributed by atoms with Crippen LogP contribution in [0.3, 0.4) is 0 Å². The molecular weight excluding hydrogens is 286 g/mol. The number of aromatic amines is 1. The molecule has 1 fully saturated rings. The van der Waals surface area contributed by atoms with Gasteiger partial charge in [0.05, 0.1) is 12.6 Å². The Morgan fingerprint density at radius 1 is 1.43 bits per heavy atom. The Bertz CT molecular complexity index is 673. The number of hydrogen-bond donors (Lipinski definition) is 3. The standard InChI is InChI=1S/C16H20ClN3O/c1-9(2)12-7-15-10(6-13(12)17)5-11(20-15)8-19-16(21)14-3-4-18-14/h5-7,9,14,18,20H,3-4,8H2,1-2H3,(H,19,21). The maximum absolute atomic E-state index is 11.8. The SMILES string of the molecule is CC(C)c1cc2[nH]c(CNC(=O)C3CCN3)cc2cc1Cl. The number of carbonyl (C=O) groups is 1. The van der Waals surface area contributed by atoms with Crippen LogP contribution in [0.15, 0.2) is 18.2 Å². The molecule has 0 aliphatic carbocycles. The van der Waals surface area contributed by atoms with Crippen molar-refractivity contribution in [2.75, 3.05) is 6.54 Å². The van der Waals surface area contributed by atoms with Crippen LogP contribution in [0.5, 0.6) is 0 Å². The molecule has 4 nitrogen and oxygen atoms in total. The molecule has 0 spiro atoms. The van der Waals surface area contributed by atoms with Crippen molar-refractivity contribution in [1.82, 2.24) is 15.6 Å². The van der Waals surface area contributed by atoms with Gasteiger partial charge in [-0.25, -0.2) is 0 Å². The molecule has 5 heteroatoms. The van der Waals surface area contributed by atoms with Crippen LogP contribution >= 0.6 is 11.6 Å². The first kappa shape index (κ1) is 14.4. The fourth-order valence-corrected chi connectivity index (χ4v) is 2.98. The number of rotatable bonds is 4. The molecule has 0 saturated carbocycles. The topological polar surface area (TPSA) is 56.9 Å². The molecule has 1 atom stereocenters. The quantitative estimate of drug-likeness (QED) is 0.813. The lowest BCUT2D eigenvalue weighted by molar-refractivity contribution is -0.124. The molecule has 1 unspecified atom stereocenters. The van der Waals surface area contributed by atoms with Crippen molar-refractivity contribution in [3.63, 3.8) is 0 Å². The van der Waals surface area contributed by atoms with Gasteiger partial charge in [0.1, 0.15) is 0 Å². The highest BCUT2D eigenvalue weighted by molar-refractivity contribution is 6.32. The zero-order valence-corrected chi connectivity index (χ0v) is 13.1. The van der Waals surface area contributed by atoms with E-state index in [-0.39, 0.29) is 11.9 Å². The molecule has 0 bridgehead atoms. The fraction of sp³-hybridized carbons (Fsp3) is 0.438. The van der Waals surface area contributed by atoms with E-state index in [9.17, 15) is 4.79 Å². The van der Waals surface area contributed by atoms with Gasteiger partial charge in [0.15, 0.2) is 0 Å². The Morgan fingerprint density at radius 2 is 2.19 bits per heavy atom. The first-order valence-electron chi connectivity index (χ1n) is 7.36. The van der Waals surface area contributed by atoms with Crippen molar-refractivity contribution < 1.29 is 4.79 Å². The third kappa shape index (κ3) is 2.92. The van der Waals surface area contributed by atoms with Crippen LogP contribution in [-0.4, -0.2) is 23.5 Å². The van der Waals surface area contributed by atoms with E-state index in [1.54, 1.807) is 0 Å². The number of nitrogens with one attached hydrogen (secondary N) is 3. The second-order valence-corrected chi connectivity index (χ2v) is 6.33. The van der Waals surface area contributed by atoms with E-state index in [1.165, 1.54) is 0 Å². The molecule has 3 N–H and O–H groups in total. The van der Waals surface area contributed by atoms with Gasteiger partial charge in [-0.2, -0.15) is 0 Å². The number of amides is 1.